The molecule has 8 aromatic carbocycles. The Balaban J connectivity index is 0.992. The van der Waals surface area contributed by atoms with E-state index in [1.165, 1.54) is 60.5 Å². The normalized spacial score (nSPS) is 11.8. The van der Waals surface area contributed by atoms with E-state index in [1.54, 1.807) is 6.07 Å². The molecule has 0 aliphatic heterocycles. The number of benzene rings is 8. The van der Waals surface area contributed by atoms with Gasteiger partial charge in [0.1, 0.15) is 11.2 Å². The topological polar surface area (TPSA) is 46.8 Å². The Morgan fingerprint density at radius 3 is 1.45 bits per heavy atom. The van der Waals surface area contributed by atoms with Crippen LogP contribution >= 0.6 is 0 Å². The maximum absolute atomic E-state index is 9.53. The van der Waals surface area contributed by atoms with Crippen LogP contribution in [0.2, 0.25) is 0 Å². The summed E-state index contributed by atoms with van der Waals surface area (Å²) in [6.07, 6.45) is 0. The van der Waals surface area contributed by atoms with Crippen molar-refractivity contribution in [1.82, 2.24) is 9.13 Å². The number of nitriles is 1. The average Bonchev–Trinajstić information content (AvgIpc) is 3.87. The summed E-state index contributed by atoms with van der Waals surface area (Å²) in [6.45, 7) is 0. The molecule has 53 heavy (non-hydrogen) atoms. The number of rotatable bonds is 4. The Hall–Kier alpha value is -7.35. The Morgan fingerprint density at radius 1 is 0.358 bits per heavy atom. The molecule has 0 atom stereocenters. The molecule has 11 aromatic rings. The number of hydrogen-bond donors (Lipinski definition) is 0. The van der Waals surface area contributed by atoms with Crippen LogP contribution in [0.25, 0.3) is 99.2 Å². The van der Waals surface area contributed by atoms with Crippen molar-refractivity contribution < 1.29 is 4.42 Å². The van der Waals surface area contributed by atoms with Gasteiger partial charge in [-0.2, -0.15) is 5.26 Å². The van der Waals surface area contributed by atoms with Gasteiger partial charge in [-0.15, -0.1) is 0 Å². The second-order valence-electron chi connectivity index (χ2n) is 13.7. The molecule has 0 fully saturated rings. The van der Waals surface area contributed by atoms with E-state index in [2.05, 4.69) is 167 Å². The van der Waals surface area contributed by atoms with E-state index >= 15 is 0 Å². The van der Waals surface area contributed by atoms with E-state index in [1.807, 2.05) is 18.2 Å². The molecule has 0 spiro atoms. The van der Waals surface area contributed by atoms with Crippen LogP contribution in [0.3, 0.4) is 0 Å². The van der Waals surface area contributed by atoms with E-state index in [0.717, 1.165) is 38.7 Å². The van der Waals surface area contributed by atoms with Crippen LogP contribution in [-0.2, 0) is 0 Å². The molecule has 0 saturated carbocycles. The number of furan rings is 1. The predicted octanol–water partition coefficient (Wildman–Crippen LogP) is 13.0. The average molecular weight is 676 g/mol. The van der Waals surface area contributed by atoms with Crippen molar-refractivity contribution in [3.05, 3.63) is 181 Å². The lowest BCUT2D eigenvalue weighted by molar-refractivity contribution is 0.669. The zero-order valence-corrected chi connectivity index (χ0v) is 28.5. The maximum Gasteiger partial charge on any atom is 0.135 e. The Kier molecular flexibility index (Phi) is 6.28. The van der Waals surface area contributed by atoms with Gasteiger partial charge in [-0.25, -0.2) is 0 Å². The molecule has 0 aliphatic carbocycles. The van der Waals surface area contributed by atoms with Crippen molar-refractivity contribution in [2.45, 2.75) is 0 Å². The van der Waals surface area contributed by atoms with Crippen LogP contribution in [0.1, 0.15) is 5.56 Å². The molecule has 0 bridgehead atoms. The summed E-state index contributed by atoms with van der Waals surface area (Å²) in [6, 6.07) is 64.6. The summed E-state index contributed by atoms with van der Waals surface area (Å²) in [4.78, 5) is 0. The van der Waals surface area contributed by atoms with Crippen molar-refractivity contribution in [3.63, 3.8) is 0 Å². The van der Waals surface area contributed by atoms with Gasteiger partial charge in [0.05, 0.1) is 33.7 Å². The van der Waals surface area contributed by atoms with Crippen LogP contribution in [-0.4, -0.2) is 9.13 Å². The molecular formula is C49H29N3O. The minimum atomic E-state index is 0.622. The molecule has 0 radical (unpaired) electrons. The smallest absolute Gasteiger partial charge is 0.135 e. The number of fused-ring (bicyclic) bond motifs is 9. The highest BCUT2D eigenvalue weighted by Gasteiger charge is 2.17. The summed E-state index contributed by atoms with van der Waals surface area (Å²) in [5.41, 5.74) is 13.9. The van der Waals surface area contributed by atoms with Gasteiger partial charge in [-0.1, -0.05) is 91.0 Å². The fourth-order valence-corrected chi connectivity index (χ4v) is 8.27. The van der Waals surface area contributed by atoms with Gasteiger partial charge in [-0.3, -0.25) is 0 Å². The SMILES string of the molecule is N#Cc1ccc2oc3ccc(-n4c5ccccc5c5cc(-c6ccc(-c7ccc8c(c7)c7ccccc7n8-c7ccccc7)cc6)ccc54)cc3c2c1. The first kappa shape index (κ1) is 29.4. The largest absolute Gasteiger partial charge is 0.456 e. The summed E-state index contributed by atoms with van der Waals surface area (Å²) in [5.74, 6) is 0. The van der Waals surface area contributed by atoms with Gasteiger partial charge in [0, 0.05) is 43.7 Å². The third kappa shape index (κ3) is 4.48. The first-order valence-electron chi connectivity index (χ1n) is 17.8. The molecule has 0 unspecified atom stereocenters. The fourth-order valence-electron chi connectivity index (χ4n) is 8.27. The zero-order valence-electron chi connectivity index (χ0n) is 28.5. The van der Waals surface area contributed by atoms with Crippen LogP contribution in [0.15, 0.2) is 180 Å². The zero-order chi connectivity index (χ0) is 35.0. The van der Waals surface area contributed by atoms with Gasteiger partial charge in [0.2, 0.25) is 0 Å². The second-order valence-corrected chi connectivity index (χ2v) is 13.7. The van der Waals surface area contributed by atoms with Crippen LogP contribution in [0, 0.1) is 11.3 Å². The van der Waals surface area contributed by atoms with Crippen molar-refractivity contribution >= 4 is 65.6 Å². The van der Waals surface area contributed by atoms with E-state index in [4.69, 9.17) is 4.42 Å². The molecule has 246 valence electrons. The Bertz CT molecular complexity index is 3280. The molecule has 11 rings (SSSR count). The molecule has 0 aliphatic rings. The lowest BCUT2D eigenvalue weighted by atomic mass is 9.98. The van der Waals surface area contributed by atoms with Gasteiger partial charge in [0.25, 0.3) is 0 Å². The van der Waals surface area contributed by atoms with E-state index in [0.29, 0.717) is 5.56 Å². The maximum atomic E-state index is 9.53. The van der Waals surface area contributed by atoms with E-state index in [9.17, 15) is 5.26 Å². The van der Waals surface area contributed by atoms with E-state index < -0.39 is 0 Å². The lowest BCUT2D eigenvalue weighted by Crippen LogP contribution is -1.93. The summed E-state index contributed by atoms with van der Waals surface area (Å²) >= 11 is 0. The van der Waals surface area contributed by atoms with Crippen molar-refractivity contribution in [2.75, 3.05) is 0 Å². The minimum absolute atomic E-state index is 0.622. The van der Waals surface area contributed by atoms with Gasteiger partial charge in [-0.05, 0) is 107 Å². The summed E-state index contributed by atoms with van der Waals surface area (Å²) in [5, 5.41) is 16.4. The lowest BCUT2D eigenvalue weighted by Gasteiger charge is -2.09. The standard InChI is InChI=1S/C49H29N3O/c50-30-31-14-24-48-42(26-31)43-29-37(21-25-49(43)53-48)52-45-13-7-5-11-39(45)41-28-35(20-23-47(41)52)33-17-15-32(16-18-33)34-19-22-46-40(27-34)38-10-4-6-12-44(38)51(46)36-8-2-1-3-9-36/h1-29H. The minimum Gasteiger partial charge on any atom is -0.456 e. The molecule has 3 aromatic heterocycles. The molecule has 3 heterocycles. The number of para-hydroxylation sites is 3. The van der Waals surface area contributed by atoms with E-state index in [-0.39, 0.29) is 0 Å². The number of hydrogen-bond acceptors (Lipinski definition) is 2. The first-order valence-corrected chi connectivity index (χ1v) is 17.8. The van der Waals surface area contributed by atoms with Crippen molar-refractivity contribution in [1.29, 1.82) is 5.26 Å². The number of nitrogens with zero attached hydrogens (tertiary/aromatic N) is 3. The molecule has 4 nitrogen and oxygen atoms in total. The predicted molar refractivity (Wildman–Crippen MR) is 218 cm³/mol. The monoisotopic (exact) mass is 675 g/mol. The highest BCUT2D eigenvalue weighted by atomic mass is 16.3. The Labute approximate surface area is 304 Å². The van der Waals surface area contributed by atoms with Crippen molar-refractivity contribution in [2.24, 2.45) is 0 Å². The third-order valence-electron chi connectivity index (χ3n) is 10.8. The first-order chi connectivity index (χ1) is 26.2. The van der Waals surface area contributed by atoms with Crippen LogP contribution < -0.4 is 0 Å². The molecular weight excluding hydrogens is 647 g/mol. The quantitative estimate of drug-likeness (QED) is 0.186. The molecule has 0 amide bonds. The third-order valence-corrected chi connectivity index (χ3v) is 10.8. The van der Waals surface area contributed by atoms with Gasteiger partial charge in [0.15, 0.2) is 0 Å². The van der Waals surface area contributed by atoms with Gasteiger partial charge < -0.3 is 13.6 Å². The Morgan fingerprint density at radius 2 is 0.849 bits per heavy atom. The highest BCUT2D eigenvalue weighted by Crippen LogP contribution is 2.39. The molecule has 4 heteroatoms. The molecule has 0 N–H and O–H groups in total. The van der Waals surface area contributed by atoms with Crippen LogP contribution in [0.4, 0.5) is 0 Å². The summed E-state index contributed by atoms with van der Waals surface area (Å²) < 4.78 is 10.8. The second kappa shape index (κ2) is 11.3. The molecule has 0 saturated heterocycles. The highest BCUT2D eigenvalue weighted by molar-refractivity contribution is 6.12. The van der Waals surface area contributed by atoms with Crippen molar-refractivity contribution in [3.8, 4) is 39.7 Å². The van der Waals surface area contributed by atoms with Gasteiger partial charge >= 0.3 is 0 Å². The number of aromatic nitrogens is 2. The summed E-state index contributed by atoms with van der Waals surface area (Å²) in [7, 11) is 0. The fraction of sp³-hybridized carbons (Fsp3) is 0. The van der Waals surface area contributed by atoms with Crippen LogP contribution in [0.5, 0.6) is 0 Å².